The van der Waals surface area contributed by atoms with Crippen LogP contribution < -0.4 is 4.90 Å². The van der Waals surface area contributed by atoms with E-state index >= 15 is 0 Å². The summed E-state index contributed by atoms with van der Waals surface area (Å²) < 4.78 is 0. The zero-order valence-electron chi connectivity index (χ0n) is 28.2. The number of anilines is 3. The van der Waals surface area contributed by atoms with Crippen LogP contribution in [0.25, 0.3) is 66.1 Å². The summed E-state index contributed by atoms with van der Waals surface area (Å²) in [7, 11) is 0. The number of nitrogens with zero attached hydrogens (tertiary/aromatic N) is 1. The molecule has 51 heavy (non-hydrogen) atoms. The minimum Gasteiger partial charge on any atom is -0.310 e. The predicted octanol–water partition coefficient (Wildman–Crippen LogP) is 14.1. The zero-order valence-corrected chi connectivity index (χ0v) is 28.2. The smallest absolute Gasteiger partial charge is 0.0546 e. The first-order chi connectivity index (χ1) is 25.3. The van der Waals surface area contributed by atoms with Gasteiger partial charge in [-0.25, -0.2) is 0 Å². The molecule has 0 N–H and O–H groups in total. The third-order valence-electron chi connectivity index (χ3n) is 9.88. The first-order valence-electron chi connectivity index (χ1n) is 17.5. The summed E-state index contributed by atoms with van der Waals surface area (Å²) in [5, 5.41) is 4.95. The highest BCUT2D eigenvalue weighted by atomic mass is 15.1. The van der Waals surface area contributed by atoms with Gasteiger partial charge in [0.05, 0.1) is 5.69 Å². The summed E-state index contributed by atoms with van der Waals surface area (Å²) in [5.74, 6) is 0. The van der Waals surface area contributed by atoms with Gasteiger partial charge < -0.3 is 4.90 Å². The molecule has 0 unspecified atom stereocenters. The summed E-state index contributed by atoms with van der Waals surface area (Å²) in [6, 6.07) is 76.7. The van der Waals surface area contributed by atoms with Gasteiger partial charge in [-0.05, 0) is 90.8 Å². The number of rotatable bonds is 7. The van der Waals surface area contributed by atoms with Crippen LogP contribution in [0, 0.1) is 0 Å². The van der Waals surface area contributed by atoms with Gasteiger partial charge in [0.25, 0.3) is 0 Å². The molecular formula is C50H35N. The summed E-state index contributed by atoms with van der Waals surface area (Å²) in [4.78, 5) is 2.41. The van der Waals surface area contributed by atoms with Crippen LogP contribution in [-0.2, 0) is 0 Å². The highest BCUT2D eigenvalue weighted by molar-refractivity contribution is 6.04. The Kier molecular flexibility index (Phi) is 7.92. The van der Waals surface area contributed by atoms with E-state index in [2.05, 4.69) is 217 Å². The molecule has 9 aromatic carbocycles. The van der Waals surface area contributed by atoms with Crippen molar-refractivity contribution in [2.24, 2.45) is 0 Å². The third-order valence-corrected chi connectivity index (χ3v) is 9.88. The van der Waals surface area contributed by atoms with Gasteiger partial charge in [0.15, 0.2) is 0 Å². The second-order valence-corrected chi connectivity index (χ2v) is 12.9. The molecule has 0 aliphatic rings. The normalized spacial score (nSPS) is 11.1. The van der Waals surface area contributed by atoms with Gasteiger partial charge in [0.2, 0.25) is 0 Å². The molecule has 1 nitrogen and oxygen atoms in total. The van der Waals surface area contributed by atoms with E-state index in [1.54, 1.807) is 0 Å². The fourth-order valence-electron chi connectivity index (χ4n) is 7.34. The van der Waals surface area contributed by atoms with Gasteiger partial charge in [-0.3, -0.25) is 0 Å². The molecule has 1 heteroatoms. The maximum absolute atomic E-state index is 2.41. The van der Waals surface area contributed by atoms with E-state index in [1.165, 1.54) is 66.1 Å². The van der Waals surface area contributed by atoms with Crippen LogP contribution in [-0.4, -0.2) is 0 Å². The molecule has 0 aliphatic heterocycles. The van der Waals surface area contributed by atoms with Crippen molar-refractivity contribution in [2.75, 3.05) is 4.90 Å². The number of fused-ring (bicyclic) bond motifs is 2. The van der Waals surface area contributed by atoms with E-state index < -0.39 is 0 Å². The predicted molar refractivity (Wildman–Crippen MR) is 218 cm³/mol. The molecule has 0 radical (unpaired) electrons. The first kappa shape index (κ1) is 30.4. The van der Waals surface area contributed by atoms with Crippen LogP contribution in [0.1, 0.15) is 0 Å². The lowest BCUT2D eigenvalue weighted by molar-refractivity contribution is 1.28. The summed E-state index contributed by atoms with van der Waals surface area (Å²) in [6.45, 7) is 0. The van der Waals surface area contributed by atoms with E-state index in [4.69, 9.17) is 0 Å². The van der Waals surface area contributed by atoms with Gasteiger partial charge in [0, 0.05) is 16.9 Å². The molecule has 0 saturated carbocycles. The van der Waals surface area contributed by atoms with E-state index in [-0.39, 0.29) is 0 Å². The molecule has 0 heterocycles. The first-order valence-corrected chi connectivity index (χ1v) is 17.5. The zero-order chi connectivity index (χ0) is 34.0. The van der Waals surface area contributed by atoms with Crippen LogP contribution in [0.2, 0.25) is 0 Å². The van der Waals surface area contributed by atoms with Crippen LogP contribution in [0.5, 0.6) is 0 Å². The Morgan fingerprint density at radius 1 is 0.255 bits per heavy atom. The van der Waals surface area contributed by atoms with Crippen LogP contribution in [0.15, 0.2) is 212 Å². The van der Waals surface area contributed by atoms with Crippen LogP contribution in [0.3, 0.4) is 0 Å². The van der Waals surface area contributed by atoms with Crippen molar-refractivity contribution in [3.05, 3.63) is 212 Å². The molecule has 0 bridgehead atoms. The molecule has 0 atom stereocenters. The monoisotopic (exact) mass is 649 g/mol. The van der Waals surface area contributed by atoms with Crippen molar-refractivity contribution in [3.63, 3.8) is 0 Å². The lowest BCUT2D eigenvalue weighted by Crippen LogP contribution is -2.11. The minimum atomic E-state index is 1.10. The quantitative estimate of drug-likeness (QED) is 0.166. The Hall–Kier alpha value is -6.70. The molecule has 0 aromatic heterocycles. The van der Waals surface area contributed by atoms with Gasteiger partial charge >= 0.3 is 0 Å². The fourth-order valence-corrected chi connectivity index (χ4v) is 7.34. The second-order valence-electron chi connectivity index (χ2n) is 12.9. The molecule has 0 fully saturated rings. The van der Waals surface area contributed by atoms with Gasteiger partial charge in [0.1, 0.15) is 0 Å². The topological polar surface area (TPSA) is 3.24 Å². The van der Waals surface area contributed by atoms with Crippen molar-refractivity contribution in [1.82, 2.24) is 0 Å². The van der Waals surface area contributed by atoms with Gasteiger partial charge in [-0.15, -0.1) is 0 Å². The van der Waals surface area contributed by atoms with Crippen molar-refractivity contribution in [2.45, 2.75) is 0 Å². The Morgan fingerprint density at radius 3 is 1.31 bits per heavy atom. The van der Waals surface area contributed by atoms with Crippen LogP contribution >= 0.6 is 0 Å². The number of benzene rings is 9. The molecular weight excluding hydrogens is 615 g/mol. The van der Waals surface area contributed by atoms with E-state index in [0.29, 0.717) is 0 Å². The molecule has 0 amide bonds. The second kappa shape index (κ2) is 13.3. The molecule has 0 spiro atoms. The SMILES string of the molecule is c1ccc(-c2ccc(-c3ccc(N(c4ccccc4)c4cc(-c5cccc6ccccc56)ccc4-c4cccc5ccccc45)cc3)cc2)cc1. The van der Waals surface area contributed by atoms with E-state index in [0.717, 1.165) is 17.1 Å². The van der Waals surface area contributed by atoms with Crippen LogP contribution in [0.4, 0.5) is 17.1 Å². The Morgan fingerprint density at radius 2 is 0.686 bits per heavy atom. The highest BCUT2D eigenvalue weighted by Crippen LogP contribution is 2.45. The number of para-hydroxylation sites is 1. The average molecular weight is 650 g/mol. The largest absolute Gasteiger partial charge is 0.310 e. The lowest BCUT2D eigenvalue weighted by atomic mass is 9.92. The molecule has 240 valence electrons. The fraction of sp³-hybridized carbons (Fsp3) is 0. The lowest BCUT2D eigenvalue weighted by Gasteiger charge is -2.29. The molecule has 9 rings (SSSR count). The summed E-state index contributed by atoms with van der Waals surface area (Å²) in [6.07, 6.45) is 0. The van der Waals surface area contributed by atoms with Crippen molar-refractivity contribution < 1.29 is 0 Å². The maximum atomic E-state index is 2.41. The molecule has 0 aliphatic carbocycles. The standard InChI is InChI=1S/C50H35N/c1-3-13-36(14-4-1)37-25-27-38(28-26-37)39-29-32-44(33-30-39)51(43-19-5-2-6-20-43)50-35-42(47-23-11-17-40-15-7-9-21-45(40)47)31-34-49(50)48-24-12-18-41-16-8-10-22-46(41)48/h1-35H. The Bertz CT molecular complexity index is 2590. The van der Waals surface area contributed by atoms with Crippen molar-refractivity contribution in [1.29, 1.82) is 0 Å². The van der Waals surface area contributed by atoms with Crippen molar-refractivity contribution in [3.8, 4) is 44.5 Å². The van der Waals surface area contributed by atoms with Gasteiger partial charge in [-0.2, -0.15) is 0 Å². The Labute approximate surface area is 299 Å². The number of hydrogen-bond acceptors (Lipinski definition) is 1. The maximum Gasteiger partial charge on any atom is 0.0546 e. The average Bonchev–Trinajstić information content (AvgIpc) is 3.22. The highest BCUT2D eigenvalue weighted by Gasteiger charge is 2.20. The molecule has 9 aromatic rings. The summed E-state index contributed by atoms with van der Waals surface area (Å²) in [5.41, 5.74) is 13.0. The number of hydrogen-bond donors (Lipinski definition) is 0. The van der Waals surface area contributed by atoms with Crippen molar-refractivity contribution >= 4 is 38.6 Å². The van der Waals surface area contributed by atoms with Gasteiger partial charge in [-0.1, -0.05) is 182 Å². The van der Waals surface area contributed by atoms with E-state index in [1.807, 2.05) is 0 Å². The minimum absolute atomic E-state index is 1.10. The Balaban J connectivity index is 1.21. The molecule has 0 saturated heterocycles. The third kappa shape index (κ3) is 5.86. The van der Waals surface area contributed by atoms with E-state index in [9.17, 15) is 0 Å². The summed E-state index contributed by atoms with van der Waals surface area (Å²) >= 11 is 0.